The maximum Gasteiger partial charge on any atom is 0.246 e. The maximum atomic E-state index is 12.4. The first kappa shape index (κ1) is 16.9. The third kappa shape index (κ3) is 4.74. The zero-order valence-corrected chi connectivity index (χ0v) is 13.9. The molecule has 2 rings (SSSR count). The van der Waals surface area contributed by atoms with Crippen LogP contribution in [0.25, 0.3) is 0 Å². The van der Waals surface area contributed by atoms with E-state index in [9.17, 15) is 4.79 Å². The van der Waals surface area contributed by atoms with Crippen LogP contribution in [0.15, 0.2) is 48.5 Å². The lowest BCUT2D eigenvalue weighted by Gasteiger charge is -2.17. The molecule has 2 N–H and O–H groups in total. The van der Waals surface area contributed by atoms with Gasteiger partial charge in [-0.15, -0.1) is 0 Å². The Hall–Kier alpha value is -2.49. The first-order valence-electron chi connectivity index (χ1n) is 8.02. The second kappa shape index (κ2) is 8.22. The molecule has 0 heterocycles. The molecule has 4 heteroatoms. The molecule has 122 valence electrons. The fourth-order valence-electron chi connectivity index (χ4n) is 2.29. The van der Waals surface area contributed by atoms with Crippen LogP contribution in [0, 0.1) is 0 Å². The number of amides is 1. The largest absolute Gasteiger partial charge is 0.492 e. The minimum absolute atomic E-state index is 0.0981. The second-order valence-electron chi connectivity index (χ2n) is 5.34. The number of hydrogen-bond donors (Lipinski definition) is 2. The van der Waals surface area contributed by atoms with E-state index < -0.39 is 0 Å². The van der Waals surface area contributed by atoms with Gasteiger partial charge in [-0.25, -0.2) is 0 Å². The number of aryl methyl sites for hydroxylation is 1. The van der Waals surface area contributed by atoms with Crippen LogP contribution in [-0.4, -0.2) is 18.6 Å². The Labute approximate surface area is 137 Å². The van der Waals surface area contributed by atoms with E-state index in [4.69, 9.17) is 4.74 Å². The molecule has 2 aromatic carbocycles. The van der Waals surface area contributed by atoms with E-state index in [1.807, 2.05) is 50.2 Å². The quantitative estimate of drug-likeness (QED) is 0.809. The highest BCUT2D eigenvalue weighted by atomic mass is 16.5. The molecule has 0 bridgehead atoms. The van der Waals surface area contributed by atoms with Crippen molar-refractivity contribution in [3.8, 4) is 5.75 Å². The number of ether oxygens (including phenoxy) is 1. The van der Waals surface area contributed by atoms with Gasteiger partial charge in [-0.3, -0.25) is 4.79 Å². The first-order chi connectivity index (χ1) is 11.1. The number of carbonyl (C=O) groups is 1. The van der Waals surface area contributed by atoms with E-state index in [-0.39, 0.29) is 11.9 Å². The molecule has 0 aromatic heterocycles. The van der Waals surface area contributed by atoms with E-state index in [0.29, 0.717) is 18.0 Å². The van der Waals surface area contributed by atoms with Crippen LogP contribution in [0.4, 0.5) is 11.4 Å². The van der Waals surface area contributed by atoms with E-state index in [1.54, 1.807) is 0 Å². The van der Waals surface area contributed by atoms with Gasteiger partial charge < -0.3 is 15.4 Å². The van der Waals surface area contributed by atoms with Gasteiger partial charge in [0.1, 0.15) is 11.8 Å². The Kier molecular flexibility index (Phi) is 6.03. The number of carbonyl (C=O) groups excluding carboxylic acids is 1. The molecule has 1 amide bonds. The Bertz CT molecular complexity index is 655. The standard InChI is InChI=1S/C19H24N2O2/c1-4-15-9-8-10-16(13-15)20-14(3)19(22)21-17-11-6-7-12-18(17)23-5-2/h6-14,20H,4-5H2,1-3H3,(H,21,22). The molecule has 0 aliphatic heterocycles. The number of rotatable bonds is 7. The highest BCUT2D eigenvalue weighted by Crippen LogP contribution is 2.24. The summed E-state index contributed by atoms with van der Waals surface area (Å²) in [5.74, 6) is 0.586. The lowest BCUT2D eigenvalue weighted by Crippen LogP contribution is -2.32. The summed E-state index contributed by atoms with van der Waals surface area (Å²) in [6, 6.07) is 15.2. The number of anilines is 2. The van der Waals surface area contributed by atoms with Crippen molar-refractivity contribution < 1.29 is 9.53 Å². The monoisotopic (exact) mass is 312 g/mol. The number of benzene rings is 2. The smallest absolute Gasteiger partial charge is 0.246 e. The van der Waals surface area contributed by atoms with Gasteiger partial charge in [0.2, 0.25) is 5.91 Å². The van der Waals surface area contributed by atoms with Gasteiger partial charge in [-0.2, -0.15) is 0 Å². The Morgan fingerprint density at radius 2 is 1.91 bits per heavy atom. The van der Waals surface area contributed by atoms with Crippen LogP contribution in [-0.2, 0) is 11.2 Å². The molecule has 0 radical (unpaired) electrons. The summed E-state index contributed by atoms with van der Waals surface area (Å²) in [5, 5.41) is 6.15. The summed E-state index contributed by atoms with van der Waals surface area (Å²) in [7, 11) is 0. The zero-order valence-electron chi connectivity index (χ0n) is 13.9. The van der Waals surface area contributed by atoms with Gasteiger partial charge in [-0.1, -0.05) is 31.2 Å². The average molecular weight is 312 g/mol. The van der Waals surface area contributed by atoms with E-state index in [2.05, 4.69) is 29.7 Å². The molecule has 0 aliphatic rings. The lowest BCUT2D eigenvalue weighted by molar-refractivity contribution is -0.116. The lowest BCUT2D eigenvalue weighted by atomic mass is 10.1. The van der Waals surface area contributed by atoms with Crippen LogP contribution < -0.4 is 15.4 Å². The highest BCUT2D eigenvalue weighted by Gasteiger charge is 2.14. The number of hydrogen-bond acceptors (Lipinski definition) is 3. The van der Waals surface area contributed by atoms with Crippen molar-refractivity contribution in [1.29, 1.82) is 0 Å². The van der Waals surface area contributed by atoms with Crippen molar-refractivity contribution in [2.75, 3.05) is 17.2 Å². The first-order valence-corrected chi connectivity index (χ1v) is 8.02. The minimum atomic E-state index is -0.350. The molecular weight excluding hydrogens is 288 g/mol. The molecule has 1 unspecified atom stereocenters. The summed E-state index contributed by atoms with van der Waals surface area (Å²) >= 11 is 0. The number of nitrogens with one attached hydrogen (secondary N) is 2. The SMILES string of the molecule is CCOc1ccccc1NC(=O)C(C)Nc1cccc(CC)c1. The van der Waals surface area contributed by atoms with Gasteiger partial charge in [0, 0.05) is 5.69 Å². The molecule has 0 spiro atoms. The molecule has 0 saturated carbocycles. The third-order valence-corrected chi connectivity index (χ3v) is 3.56. The molecule has 4 nitrogen and oxygen atoms in total. The zero-order chi connectivity index (χ0) is 16.7. The Balaban J connectivity index is 2.02. The predicted octanol–water partition coefficient (Wildman–Crippen LogP) is 4.09. The topological polar surface area (TPSA) is 50.4 Å². The molecule has 0 fully saturated rings. The van der Waals surface area contributed by atoms with Crippen LogP contribution in [0.2, 0.25) is 0 Å². The highest BCUT2D eigenvalue weighted by molar-refractivity contribution is 5.97. The third-order valence-electron chi connectivity index (χ3n) is 3.56. The van der Waals surface area contributed by atoms with Crippen molar-refractivity contribution in [3.05, 3.63) is 54.1 Å². The van der Waals surface area contributed by atoms with Crippen LogP contribution >= 0.6 is 0 Å². The normalized spacial score (nSPS) is 11.6. The van der Waals surface area contributed by atoms with Crippen molar-refractivity contribution >= 4 is 17.3 Å². The fourth-order valence-corrected chi connectivity index (χ4v) is 2.29. The average Bonchev–Trinajstić information content (AvgIpc) is 2.57. The summed E-state index contributed by atoms with van der Waals surface area (Å²) in [5.41, 5.74) is 2.88. The molecule has 2 aromatic rings. The van der Waals surface area contributed by atoms with Gasteiger partial charge in [-0.05, 0) is 50.1 Å². The second-order valence-corrected chi connectivity index (χ2v) is 5.34. The fraction of sp³-hybridized carbons (Fsp3) is 0.316. The summed E-state index contributed by atoms with van der Waals surface area (Å²) in [6.07, 6.45) is 0.970. The minimum Gasteiger partial charge on any atom is -0.492 e. The van der Waals surface area contributed by atoms with Crippen molar-refractivity contribution in [1.82, 2.24) is 0 Å². The van der Waals surface area contributed by atoms with Crippen molar-refractivity contribution in [3.63, 3.8) is 0 Å². The summed E-state index contributed by atoms with van der Waals surface area (Å²) in [6.45, 7) is 6.44. The van der Waals surface area contributed by atoms with E-state index >= 15 is 0 Å². The van der Waals surface area contributed by atoms with Crippen LogP contribution in [0.1, 0.15) is 26.3 Å². The van der Waals surface area contributed by atoms with Gasteiger partial charge in [0.15, 0.2) is 0 Å². The molecule has 0 aliphatic carbocycles. The molecule has 0 saturated heterocycles. The Morgan fingerprint density at radius 3 is 2.65 bits per heavy atom. The molecular formula is C19H24N2O2. The van der Waals surface area contributed by atoms with Gasteiger partial charge in [0.25, 0.3) is 0 Å². The van der Waals surface area contributed by atoms with Crippen LogP contribution in [0.5, 0.6) is 5.75 Å². The maximum absolute atomic E-state index is 12.4. The number of para-hydroxylation sites is 2. The van der Waals surface area contributed by atoms with Crippen molar-refractivity contribution in [2.24, 2.45) is 0 Å². The van der Waals surface area contributed by atoms with E-state index in [1.165, 1.54) is 5.56 Å². The predicted molar refractivity (Wildman–Crippen MR) is 95.1 cm³/mol. The summed E-state index contributed by atoms with van der Waals surface area (Å²) < 4.78 is 5.53. The van der Waals surface area contributed by atoms with E-state index in [0.717, 1.165) is 12.1 Å². The van der Waals surface area contributed by atoms with Gasteiger partial charge in [0.05, 0.1) is 12.3 Å². The molecule has 23 heavy (non-hydrogen) atoms. The Morgan fingerprint density at radius 1 is 1.13 bits per heavy atom. The molecule has 1 atom stereocenters. The summed E-state index contributed by atoms with van der Waals surface area (Å²) in [4.78, 5) is 12.4. The van der Waals surface area contributed by atoms with Crippen LogP contribution in [0.3, 0.4) is 0 Å². The van der Waals surface area contributed by atoms with Gasteiger partial charge >= 0.3 is 0 Å². The van der Waals surface area contributed by atoms with Crippen molar-refractivity contribution in [2.45, 2.75) is 33.2 Å².